The van der Waals surface area contributed by atoms with Crippen LogP contribution in [0.2, 0.25) is 0 Å². The minimum atomic E-state index is -0.393. The van der Waals surface area contributed by atoms with E-state index in [1.807, 2.05) is 0 Å². The molecule has 2 aromatic rings. The van der Waals surface area contributed by atoms with Crippen LogP contribution in [0.4, 0.5) is 4.39 Å². The van der Waals surface area contributed by atoms with Gasteiger partial charge in [0.1, 0.15) is 11.6 Å². The molecule has 2 rings (SSSR count). The average Bonchev–Trinajstić information content (AvgIpc) is 2.61. The van der Waals surface area contributed by atoms with Crippen LogP contribution in [-0.2, 0) is 0 Å². The highest BCUT2D eigenvalue weighted by atomic mass is 19.1. The van der Waals surface area contributed by atoms with Gasteiger partial charge in [0.15, 0.2) is 0 Å². The fourth-order valence-corrected chi connectivity index (χ4v) is 1.12. The van der Waals surface area contributed by atoms with Crippen LogP contribution < -0.4 is 0 Å². The summed E-state index contributed by atoms with van der Waals surface area (Å²) in [6.07, 6.45) is 1.61. The van der Waals surface area contributed by atoms with E-state index in [1.54, 1.807) is 12.3 Å². The number of hydrogen-bond acceptors (Lipinski definition) is 2. The van der Waals surface area contributed by atoms with Gasteiger partial charge in [0, 0.05) is 11.8 Å². The van der Waals surface area contributed by atoms with Crippen LogP contribution in [0, 0.1) is 5.82 Å². The number of aromatic nitrogens is 2. The average molecular weight is 178 g/mol. The van der Waals surface area contributed by atoms with E-state index in [0.717, 1.165) is 0 Å². The molecule has 1 aromatic carbocycles. The van der Waals surface area contributed by atoms with Crippen molar-refractivity contribution in [2.75, 3.05) is 0 Å². The molecule has 1 aromatic heterocycles. The molecule has 0 aliphatic rings. The van der Waals surface area contributed by atoms with E-state index in [0.29, 0.717) is 11.3 Å². The molecule has 0 saturated carbocycles. The van der Waals surface area contributed by atoms with Crippen molar-refractivity contribution < 1.29 is 9.50 Å². The first-order valence-corrected chi connectivity index (χ1v) is 3.76. The van der Waals surface area contributed by atoms with Crippen LogP contribution in [0.5, 0.6) is 5.75 Å². The maximum Gasteiger partial charge on any atom is 0.125 e. The number of phenols is 1. The Balaban J connectivity index is 2.57. The summed E-state index contributed by atoms with van der Waals surface area (Å²) < 4.78 is 12.8. The van der Waals surface area contributed by atoms with Gasteiger partial charge in [-0.1, -0.05) is 0 Å². The number of halogens is 1. The monoisotopic (exact) mass is 178 g/mol. The summed E-state index contributed by atoms with van der Waals surface area (Å²) in [5.74, 6) is -0.371. The van der Waals surface area contributed by atoms with Gasteiger partial charge in [-0.3, -0.25) is 5.10 Å². The lowest BCUT2D eigenvalue weighted by atomic mass is 10.1. The zero-order valence-corrected chi connectivity index (χ0v) is 6.66. The molecule has 3 nitrogen and oxygen atoms in total. The molecule has 66 valence electrons. The first-order valence-electron chi connectivity index (χ1n) is 3.76. The number of benzene rings is 1. The molecule has 0 aliphatic carbocycles. The Morgan fingerprint density at radius 1 is 1.31 bits per heavy atom. The van der Waals surface area contributed by atoms with Crippen molar-refractivity contribution in [3.05, 3.63) is 36.3 Å². The summed E-state index contributed by atoms with van der Waals surface area (Å²) >= 11 is 0. The number of phenolic OH excluding ortho intramolecular Hbond substituents is 1. The molecule has 2 N–H and O–H groups in total. The van der Waals surface area contributed by atoms with Crippen molar-refractivity contribution in [3.8, 4) is 17.0 Å². The second-order valence-electron chi connectivity index (χ2n) is 2.62. The number of hydrogen-bond donors (Lipinski definition) is 2. The van der Waals surface area contributed by atoms with Gasteiger partial charge in [-0.25, -0.2) is 4.39 Å². The first-order chi connectivity index (χ1) is 6.27. The van der Waals surface area contributed by atoms with E-state index >= 15 is 0 Å². The van der Waals surface area contributed by atoms with Crippen LogP contribution in [0.1, 0.15) is 0 Å². The van der Waals surface area contributed by atoms with Gasteiger partial charge in [-0.2, -0.15) is 5.10 Å². The molecule has 0 aliphatic heterocycles. The highest BCUT2D eigenvalue weighted by molar-refractivity contribution is 5.66. The fourth-order valence-electron chi connectivity index (χ4n) is 1.12. The maximum absolute atomic E-state index is 12.8. The molecule has 1 heterocycles. The van der Waals surface area contributed by atoms with Gasteiger partial charge >= 0.3 is 0 Å². The van der Waals surface area contributed by atoms with Crippen LogP contribution >= 0.6 is 0 Å². The van der Waals surface area contributed by atoms with Crippen molar-refractivity contribution in [2.45, 2.75) is 0 Å². The van der Waals surface area contributed by atoms with Crippen molar-refractivity contribution in [2.24, 2.45) is 0 Å². The zero-order valence-electron chi connectivity index (χ0n) is 6.66. The smallest absolute Gasteiger partial charge is 0.125 e. The Labute approximate surface area is 73.8 Å². The van der Waals surface area contributed by atoms with Crippen molar-refractivity contribution in [1.29, 1.82) is 0 Å². The Morgan fingerprint density at radius 2 is 2.15 bits per heavy atom. The third-order valence-corrected chi connectivity index (χ3v) is 1.74. The van der Waals surface area contributed by atoms with Crippen molar-refractivity contribution >= 4 is 0 Å². The molecule has 4 heteroatoms. The van der Waals surface area contributed by atoms with Crippen LogP contribution in [-0.4, -0.2) is 15.3 Å². The number of nitrogens with one attached hydrogen (secondary N) is 1. The van der Waals surface area contributed by atoms with Crippen molar-refractivity contribution in [1.82, 2.24) is 10.2 Å². The number of aromatic hydroxyl groups is 1. The lowest BCUT2D eigenvalue weighted by molar-refractivity contribution is 0.475. The Kier molecular flexibility index (Phi) is 1.73. The minimum absolute atomic E-state index is 0.0218. The fraction of sp³-hybridized carbons (Fsp3) is 0. The summed E-state index contributed by atoms with van der Waals surface area (Å²) in [6.45, 7) is 0. The molecule has 0 spiro atoms. The van der Waals surface area contributed by atoms with Crippen LogP contribution in [0.15, 0.2) is 30.5 Å². The highest BCUT2D eigenvalue weighted by Gasteiger charge is 2.06. The van der Waals surface area contributed by atoms with E-state index in [-0.39, 0.29) is 5.75 Å². The van der Waals surface area contributed by atoms with Gasteiger partial charge in [-0.15, -0.1) is 0 Å². The normalized spacial score (nSPS) is 10.2. The van der Waals surface area contributed by atoms with E-state index in [9.17, 15) is 9.50 Å². The summed E-state index contributed by atoms with van der Waals surface area (Å²) in [7, 11) is 0. The number of aromatic amines is 1. The SMILES string of the molecule is Oc1ccc(F)cc1-c1cc[nH]n1. The Morgan fingerprint density at radius 3 is 2.85 bits per heavy atom. The standard InChI is InChI=1S/C9H7FN2O/c10-6-1-2-9(13)7(5-6)8-3-4-11-12-8/h1-5,13H,(H,11,12). The van der Waals surface area contributed by atoms with Crippen molar-refractivity contribution in [3.63, 3.8) is 0 Å². The predicted octanol–water partition coefficient (Wildman–Crippen LogP) is 1.92. The molecular formula is C9H7FN2O. The van der Waals surface area contributed by atoms with Crippen LogP contribution in [0.25, 0.3) is 11.3 Å². The maximum atomic E-state index is 12.8. The minimum Gasteiger partial charge on any atom is -0.507 e. The topological polar surface area (TPSA) is 48.9 Å². The third-order valence-electron chi connectivity index (χ3n) is 1.74. The summed E-state index contributed by atoms with van der Waals surface area (Å²) in [5.41, 5.74) is 0.915. The molecule has 0 unspecified atom stereocenters. The number of nitrogens with zero attached hydrogens (tertiary/aromatic N) is 1. The molecule has 0 radical (unpaired) electrons. The molecule has 13 heavy (non-hydrogen) atoms. The second-order valence-corrected chi connectivity index (χ2v) is 2.62. The van der Waals surface area contributed by atoms with Gasteiger partial charge in [0.05, 0.1) is 5.69 Å². The second kappa shape index (κ2) is 2.90. The number of rotatable bonds is 1. The lowest BCUT2D eigenvalue weighted by Crippen LogP contribution is -1.81. The lowest BCUT2D eigenvalue weighted by Gasteiger charge is -1.99. The van der Waals surface area contributed by atoms with Gasteiger partial charge in [-0.05, 0) is 24.3 Å². The first kappa shape index (κ1) is 7.79. The van der Waals surface area contributed by atoms with Gasteiger partial charge in [0.25, 0.3) is 0 Å². The summed E-state index contributed by atoms with van der Waals surface area (Å²) in [6, 6.07) is 5.41. The summed E-state index contributed by atoms with van der Waals surface area (Å²) in [5, 5.41) is 15.8. The zero-order chi connectivity index (χ0) is 9.26. The molecule has 0 amide bonds. The molecule has 0 bridgehead atoms. The highest BCUT2D eigenvalue weighted by Crippen LogP contribution is 2.27. The largest absolute Gasteiger partial charge is 0.507 e. The van der Waals surface area contributed by atoms with Gasteiger partial charge in [0.2, 0.25) is 0 Å². The van der Waals surface area contributed by atoms with E-state index in [2.05, 4.69) is 10.2 Å². The van der Waals surface area contributed by atoms with E-state index in [4.69, 9.17) is 0 Å². The molecule has 0 saturated heterocycles. The van der Waals surface area contributed by atoms with Crippen LogP contribution in [0.3, 0.4) is 0 Å². The quantitative estimate of drug-likeness (QED) is 0.700. The Bertz CT molecular complexity index is 412. The molecular weight excluding hydrogens is 171 g/mol. The summed E-state index contributed by atoms with van der Waals surface area (Å²) in [4.78, 5) is 0. The molecule has 0 atom stereocenters. The molecule has 0 fully saturated rings. The number of H-pyrrole nitrogens is 1. The third kappa shape index (κ3) is 1.38. The van der Waals surface area contributed by atoms with E-state index in [1.165, 1.54) is 18.2 Å². The predicted molar refractivity (Wildman–Crippen MR) is 45.6 cm³/mol. The van der Waals surface area contributed by atoms with E-state index < -0.39 is 5.82 Å². The Hall–Kier alpha value is -1.84. The van der Waals surface area contributed by atoms with Gasteiger partial charge < -0.3 is 5.11 Å².